The van der Waals surface area contributed by atoms with Gasteiger partial charge in [-0.1, -0.05) is 0 Å². The molecule has 0 unspecified atom stereocenters. The average Bonchev–Trinajstić information content (AvgIpc) is 3.15. The zero-order valence-corrected chi connectivity index (χ0v) is 19.5. The quantitative estimate of drug-likeness (QED) is 0.636. The highest BCUT2D eigenvalue weighted by atomic mass is 32.2. The first-order chi connectivity index (χ1) is 14.9. The first-order valence-electron chi connectivity index (χ1n) is 10.00. The van der Waals surface area contributed by atoms with Crippen LogP contribution in [0.4, 0.5) is 19.0 Å². The fourth-order valence-corrected chi connectivity index (χ4v) is 5.69. The Hall–Kier alpha value is -1.96. The topological polar surface area (TPSA) is 91.8 Å². The summed E-state index contributed by atoms with van der Waals surface area (Å²) in [4.78, 5) is 18.0. The number of aromatic nitrogens is 1. The van der Waals surface area contributed by atoms with E-state index in [-0.39, 0.29) is 66.2 Å². The van der Waals surface area contributed by atoms with Gasteiger partial charge >= 0.3 is 6.18 Å². The molecule has 0 spiro atoms. The highest BCUT2D eigenvalue weighted by molar-refractivity contribution is 7.89. The molecular weight excluding hydrogens is 469 g/mol. The molecule has 0 saturated carbocycles. The molecule has 0 atom stereocenters. The Bertz CT molecular complexity index is 1080. The summed E-state index contributed by atoms with van der Waals surface area (Å²) in [6, 6.07) is 0.965. The van der Waals surface area contributed by atoms with Crippen LogP contribution >= 0.6 is 11.3 Å². The van der Waals surface area contributed by atoms with Crippen molar-refractivity contribution in [2.45, 2.75) is 26.1 Å². The van der Waals surface area contributed by atoms with Crippen molar-refractivity contribution in [2.24, 2.45) is 0 Å². The van der Waals surface area contributed by atoms with Crippen molar-refractivity contribution in [3.63, 3.8) is 0 Å². The van der Waals surface area contributed by atoms with E-state index in [0.717, 1.165) is 17.4 Å². The second-order valence-electron chi connectivity index (χ2n) is 7.55. The fraction of sp³-hybridized carbons (Fsp3) is 0.579. The molecule has 0 aromatic carbocycles. The molecule has 13 heteroatoms. The average molecular weight is 495 g/mol. The minimum atomic E-state index is -4.62. The molecule has 2 aromatic heterocycles. The van der Waals surface area contributed by atoms with Gasteiger partial charge in [0.05, 0.1) is 39.8 Å². The molecule has 0 aliphatic carbocycles. The van der Waals surface area contributed by atoms with Gasteiger partial charge in [0.1, 0.15) is 5.82 Å². The lowest BCUT2D eigenvalue weighted by Crippen LogP contribution is -2.50. The van der Waals surface area contributed by atoms with E-state index in [0.29, 0.717) is 0 Å². The number of thiophene rings is 1. The van der Waals surface area contributed by atoms with Gasteiger partial charge in [0.25, 0.3) is 5.91 Å². The van der Waals surface area contributed by atoms with Crippen molar-refractivity contribution in [1.82, 2.24) is 14.6 Å². The van der Waals surface area contributed by atoms with Crippen molar-refractivity contribution in [2.75, 3.05) is 50.5 Å². The minimum absolute atomic E-state index is 0.0138. The number of hydrogen-bond donors (Lipinski definition) is 1. The molecule has 178 valence electrons. The number of amides is 1. The van der Waals surface area contributed by atoms with Crippen molar-refractivity contribution >= 4 is 43.3 Å². The van der Waals surface area contributed by atoms with Crippen LogP contribution < -0.4 is 10.2 Å². The Kier molecular flexibility index (Phi) is 7.32. The van der Waals surface area contributed by atoms with Crippen LogP contribution in [0.1, 0.15) is 29.8 Å². The Labute approximate surface area is 188 Å². The predicted molar refractivity (Wildman–Crippen MR) is 117 cm³/mol. The van der Waals surface area contributed by atoms with Gasteiger partial charge in [0.2, 0.25) is 10.0 Å². The second kappa shape index (κ2) is 9.49. The van der Waals surface area contributed by atoms with Crippen LogP contribution in [0.2, 0.25) is 0 Å². The summed E-state index contributed by atoms with van der Waals surface area (Å²) in [5, 5.41) is 3.77. The van der Waals surface area contributed by atoms with E-state index >= 15 is 0 Å². The summed E-state index contributed by atoms with van der Waals surface area (Å²) in [5.74, 6) is -0.611. The van der Waals surface area contributed by atoms with Gasteiger partial charge in [0.15, 0.2) is 0 Å². The third-order valence-electron chi connectivity index (χ3n) is 5.03. The maximum absolute atomic E-state index is 13.7. The first-order valence-corrected chi connectivity index (χ1v) is 12.5. The predicted octanol–water partition coefficient (Wildman–Crippen LogP) is 2.55. The molecule has 1 aliphatic heterocycles. The van der Waals surface area contributed by atoms with E-state index < -0.39 is 27.7 Å². The van der Waals surface area contributed by atoms with Gasteiger partial charge < -0.3 is 15.0 Å². The number of pyridine rings is 1. The lowest BCUT2D eigenvalue weighted by molar-refractivity contribution is -0.136. The largest absolute Gasteiger partial charge is 0.417 e. The van der Waals surface area contributed by atoms with Crippen LogP contribution in [0.3, 0.4) is 0 Å². The molecule has 32 heavy (non-hydrogen) atoms. The summed E-state index contributed by atoms with van der Waals surface area (Å²) in [6.45, 7) is 4.31. The minimum Gasteiger partial charge on any atom is -0.378 e. The van der Waals surface area contributed by atoms with E-state index in [1.807, 2.05) is 13.8 Å². The van der Waals surface area contributed by atoms with Crippen LogP contribution in [0, 0.1) is 0 Å². The van der Waals surface area contributed by atoms with E-state index in [1.165, 1.54) is 16.7 Å². The smallest absolute Gasteiger partial charge is 0.378 e. The number of nitrogens with zero attached hydrogens (tertiary/aromatic N) is 3. The van der Waals surface area contributed by atoms with E-state index in [2.05, 4.69) is 10.3 Å². The number of sulfonamides is 1. The van der Waals surface area contributed by atoms with Crippen molar-refractivity contribution in [3.8, 4) is 0 Å². The molecule has 0 bridgehead atoms. The highest BCUT2D eigenvalue weighted by Crippen LogP contribution is 2.40. The molecule has 0 radical (unpaired) electrons. The van der Waals surface area contributed by atoms with E-state index in [4.69, 9.17) is 4.74 Å². The molecular formula is C19H25F3N4O4S2. The lowest BCUT2D eigenvalue weighted by atomic mass is 10.1. The molecule has 3 heterocycles. The Balaban J connectivity index is 1.84. The molecule has 1 amide bonds. The maximum Gasteiger partial charge on any atom is 0.417 e. The molecule has 8 nitrogen and oxygen atoms in total. The normalized spacial score (nSPS) is 16.2. The van der Waals surface area contributed by atoms with Crippen LogP contribution in [-0.2, 0) is 20.9 Å². The summed E-state index contributed by atoms with van der Waals surface area (Å²) in [5.41, 5.74) is -0.801. The van der Waals surface area contributed by atoms with Gasteiger partial charge in [0, 0.05) is 38.6 Å². The standard InChI is InChI=1S/C19H25F3N4O4S2/c1-12(2)30-8-9-32(28,29)26-6-4-25(5-7-26)15-10-14(19(20,21)22)17-16(24-15)13(11-31-17)18(27)23-3/h10-12H,4-9H2,1-3H3,(H,23,27). The van der Waals surface area contributed by atoms with Gasteiger partial charge in [-0.2, -0.15) is 17.5 Å². The molecule has 1 N–H and O–H groups in total. The Morgan fingerprint density at radius 2 is 1.94 bits per heavy atom. The SMILES string of the molecule is CNC(=O)c1csc2c(C(F)(F)F)cc(N3CCN(S(=O)(=O)CCOC(C)C)CC3)nc12. The van der Waals surface area contributed by atoms with E-state index in [9.17, 15) is 26.4 Å². The first kappa shape index (κ1) is 24.7. The second-order valence-corrected chi connectivity index (χ2v) is 10.5. The monoisotopic (exact) mass is 494 g/mol. The van der Waals surface area contributed by atoms with Gasteiger partial charge in [-0.25, -0.2) is 13.4 Å². The summed E-state index contributed by atoms with van der Waals surface area (Å²) >= 11 is 0.819. The maximum atomic E-state index is 13.7. The fourth-order valence-electron chi connectivity index (χ4n) is 3.38. The Morgan fingerprint density at radius 1 is 1.28 bits per heavy atom. The van der Waals surface area contributed by atoms with Gasteiger partial charge in [-0.15, -0.1) is 11.3 Å². The zero-order chi connectivity index (χ0) is 23.7. The number of carbonyl (C=O) groups excluding carboxylic acids is 1. The third kappa shape index (κ3) is 5.33. The number of hydrogen-bond acceptors (Lipinski definition) is 7. The number of carbonyl (C=O) groups is 1. The van der Waals surface area contributed by atoms with Crippen molar-refractivity contribution < 1.29 is 31.1 Å². The number of anilines is 1. The zero-order valence-electron chi connectivity index (χ0n) is 17.9. The number of ether oxygens (including phenoxy) is 1. The third-order valence-corrected chi connectivity index (χ3v) is 7.87. The molecule has 1 aliphatic rings. The summed E-state index contributed by atoms with van der Waals surface area (Å²) in [6.07, 6.45) is -4.70. The number of halogens is 3. The van der Waals surface area contributed by atoms with E-state index in [1.54, 1.807) is 4.90 Å². The molecule has 2 aromatic rings. The molecule has 1 saturated heterocycles. The highest BCUT2D eigenvalue weighted by Gasteiger charge is 2.36. The lowest BCUT2D eigenvalue weighted by Gasteiger charge is -2.35. The van der Waals surface area contributed by atoms with Crippen molar-refractivity contribution in [1.29, 1.82) is 0 Å². The van der Waals surface area contributed by atoms with Crippen LogP contribution in [0.15, 0.2) is 11.4 Å². The number of rotatable bonds is 7. The van der Waals surface area contributed by atoms with Crippen molar-refractivity contribution in [3.05, 3.63) is 22.6 Å². The Morgan fingerprint density at radius 3 is 2.50 bits per heavy atom. The number of piperazine rings is 1. The molecule has 1 fully saturated rings. The molecule has 3 rings (SSSR count). The van der Waals surface area contributed by atoms with Crippen LogP contribution in [0.5, 0.6) is 0 Å². The van der Waals surface area contributed by atoms with Crippen LogP contribution in [-0.4, -0.2) is 75.3 Å². The summed E-state index contributed by atoms with van der Waals surface area (Å²) in [7, 11) is -2.14. The number of fused-ring (bicyclic) bond motifs is 1. The summed E-state index contributed by atoms with van der Waals surface area (Å²) < 4.78 is 72.7. The van der Waals surface area contributed by atoms with Crippen LogP contribution in [0.25, 0.3) is 10.2 Å². The van der Waals surface area contributed by atoms with Gasteiger partial charge in [-0.3, -0.25) is 4.79 Å². The number of nitrogens with one attached hydrogen (secondary N) is 1. The number of alkyl halides is 3. The van der Waals surface area contributed by atoms with Gasteiger partial charge in [-0.05, 0) is 19.9 Å².